The number of allylic oxidation sites excluding steroid dienone is 1. The molecule has 0 aliphatic rings. The van der Waals surface area contributed by atoms with Gasteiger partial charge in [0.2, 0.25) is 5.76 Å². The Labute approximate surface area is 89.3 Å². The molecule has 0 aliphatic carbocycles. The molecule has 0 N–H and O–H groups in total. The van der Waals surface area contributed by atoms with Crippen molar-refractivity contribution in [2.45, 2.75) is 13.8 Å². The molecular weight excluding hydrogens is 192 g/mol. The van der Waals surface area contributed by atoms with Crippen molar-refractivity contribution in [3.63, 3.8) is 0 Å². The summed E-state index contributed by atoms with van der Waals surface area (Å²) < 4.78 is 10.2. The topological polar surface area (TPSA) is 35.5 Å². The Kier molecular flexibility index (Phi) is 4.41. The highest BCUT2D eigenvalue weighted by atomic mass is 16.6. The van der Waals surface area contributed by atoms with Crippen LogP contribution in [0.2, 0.25) is 0 Å². The van der Waals surface area contributed by atoms with Crippen LogP contribution in [0.1, 0.15) is 13.8 Å². The fourth-order valence-electron chi connectivity index (χ4n) is 1.06. The van der Waals surface area contributed by atoms with Gasteiger partial charge in [-0.3, -0.25) is 0 Å². The number of hydrogen-bond donors (Lipinski definition) is 0. The molecule has 0 atom stereocenters. The Bertz CT molecular complexity index is 341. The minimum absolute atomic E-state index is 0.237. The van der Waals surface area contributed by atoms with E-state index in [0.29, 0.717) is 12.4 Å². The van der Waals surface area contributed by atoms with E-state index in [0.717, 1.165) is 0 Å². The number of benzene rings is 1. The lowest BCUT2D eigenvalue weighted by molar-refractivity contribution is -0.133. The first-order valence-corrected chi connectivity index (χ1v) is 4.84. The van der Waals surface area contributed by atoms with Crippen LogP contribution in [0.3, 0.4) is 0 Å². The highest BCUT2D eigenvalue weighted by molar-refractivity contribution is 5.87. The van der Waals surface area contributed by atoms with Gasteiger partial charge in [-0.2, -0.15) is 0 Å². The van der Waals surface area contributed by atoms with Crippen LogP contribution in [-0.2, 0) is 9.53 Å². The van der Waals surface area contributed by atoms with E-state index in [4.69, 9.17) is 9.47 Å². The summed E-state index contributed by atoms with van der Waals surface area (Å²) in [5, 5.41) is 0. The Morgan fingerprint density at radius 3 is 2.53 bits per heavy atom. The van der Waals surface area contributed by atoms with Gasteiger partial charge in [0.25, 0.3) is 0 Å². The van der Waals surface area contributed by atoms with E-state index in [-0.39, 0.29) is 5.76 Å². The van der Waals surface area contributed by atoms with Crippen LogP contribution in [0.5, 0.6) is 5.75 Å². The molecule has 0 amide bonds. The van der Waals surface area contributed by atoms with Crippen molar-refractivity contribution in [3.8, 4) is 5.75 Å². The zero-order valence-electron chi connectivity index (χ0n) is 8.90. The third-order valence-electron chi connectivity index (χ3n) is 1.72. The summed E-state index contributed by atoms with van der Waals surface area (Å²) in [5.74, 6) is 0.286. The van der Waals surface area contributed by atoms with Crippen LogP contribution in [0.25, 0.3) is 0 Å². The monoisotopic (exact) mass is 206 g/mol. The normalized spacial score (nSPS) is 10.9. The SMILES string of the molecule is CC=C(OCC)C(=O)Oc1ccccc1. The lowest BCUT2D eigenvalue weighted by Gasteiger charge is -2.07. The molecule has 3 nitrogen and oxygen atoms in total. The molecule has 0 heterocycles. The number of esters is 1. The van der Waals surface area contributed by atoms with Crippen LogP contribution in [-0.4, -0.2) is 12.6 Å². The predicted molar refractivity (Wildman–Crippen MR) is 57.5 cm³/mol. The zero-order chi connectivity index (χ0) is 11.1. The number of carbonyl (C=O) groups excluding carboxylic acids is 1. The van der Waals surface area contributed by atoms with E-state index >= 15 is 0 Å². The summed E-state index contributed by atoms with van der Waals surface area (Å²) in [5.41, 5.74) is 0. The lowest BCUT2D eigenvalue weighted by Crippen LogP contribution is -2.13. The minimum Gasteiger partial charge on any atom is -0.487 e. The van der Waals surface area contributed by atoms with Crippen molar-refractivity contribution in [1.29, 1.82) is 0 Å². The van der Waals surface area contributed by atoms with E-state index < -0.39 is 5.97 Å². The molecular formula is C12H14O3. The number of hydrogen-bond acceptors (Lipinski definition) is 3. The van der Waals surface area contributed by atoms with E-state index in [9.17, 15) is 4.79 Å². The number of para-hydroxylation sites is 1. The molecule has 80 valence electrons. The van der Waals surface area contributed by atoms with Crippen molar-refractivity contribution in [2.24, 2.45) is 0 Å². The maximum absolute atomic E-state index is 11.5. The minimum atomic E-state index is -0.467. The average molecular weight is 206 g/mol. The first kappa shape index (κ1) is 11.3. The Morgan fingerprint density at radius 2 is 2.00 bits per heavy atom. The molecule has 0 saturated heterocycles. The van der Waals surface area contributed by atoms with Gasteiger partial charge in [0.15, 0.2) is 0 Å². The number of ether oxygens (including phenoxy) is 2. The molecule has 1 rings (SSSR count). The molecule has 0 aliphatic heterocycles. The summed E-state index contributed by atoms with van der Waals surface area (Å²) in [7, 11) is 0. The fraction of sp³-hybridized carbons (Fsp3) is 0.250. The van der Waals surface area contributed by atoms with Gasteiger partial charge in [-0.1, -0.05) is 18.2 Å². The van der Waals surface area contributed by atoms with Gasteiger partial charge in [-0.25, -0.2) is 4.79 Å². The molecule has 0 radical (unpaired) electrons. The molecule has 0 fully saturated rings. The van der Waals surface area contributed by atoms with Crippen LogP contribution < -0.4 is 4.74 Å². The second-order valence-corrected chi connectivity index (χ2v) is 2.79. The van der Waals surface area contributed by atoms with Gasteiger partial charge in [0.1, 0.15) is 5.75 Å². The largest absolute Gasteiger partial charge is 0.487 e. The van der Waals surface area contributed by atoms with Crippen LogP contribution >= 0.6 is 0 Å². The highest BCUT2D eigenvalue weighted by Crippen LogP contribution is 2.11. The van der Waals surface area contributed by atoms with Crippen molar-refractivity contribution in [1.82, 2.24) is 0 Å². The molecule has 0 bridgehead atoms. The molecule has 3 heteroatoms. The van der Waals surface area contributed by atoms with Gasteiger partial charge in [0, 0.05) is 0 Å². The maximum atomic E-state index is 11.5. The van der Waals surface area contributed by atoms with Gasteiger partial charge < -0.3 is 9.47 Å². The highest BCUT2D eigenvalue weighted by Gasteiger charge is 2.11. The second kappa shape index (κ2) is 5.86. The quantitative estimate of drug-likeness (QED) is 0.328. The summed E-state index contributed by atoms with van der Waals surface area (Å²) >= 11 is 0. The smallest absolute Gasteiger partial charge is 0.378 e. The van der Waals surface area contributed by atoms with Crippen molar-refractivity contribution < 1.29 is 14.3 Å². The van der Waals surface area contributed by atoms with E-state index in [1.165, 1.54) is 0 Å². The molecule has 0 saturated carbocycles. The van der Waals surface area contributed by atoms with Crippen molar-refractivity contribution in [3.05, 3.63) is 42.2 Å². The maximum Gasteiger partial charge on any atom is 0.378 e. The lowest BCUT2D eigenvalue weighted by atomic mass is 10.3. The summed E-state index contributed by atoms with van der Waals surface area (Å²) in [6, 6.07) is 8.90. The second-order valence-electron chi connectivity index (χ2n) is 2.79. The first-order chi connectivity index (χ1) is 7.27. The summed E-state index contributed by atoms with van der Waals surface area (Å²) in [6.07, 6.45) is 1.59. The van der Waals surface area contributed by atoms with Gasteiger partial charge in [-0.05, 0) is 32.1 Å². The van der Waals surface area contributed by atoms with Crippen LogP contribution in [0.15, 0.2) is 42.2 Å². The fourth-order valence-corrected chi connectivity index (χ4v) is 1.06. The molecule has 1 aromatic carbocycles. The first-order valence-electron chi connectivity index (χ1n) is 4.84. The summed E-state index contributed by atoms with van der Waals surface area (Å²) in [6.45, 7) is 4.00. The summed E-state index contributed by atoms with van der Waals surface area (Å²) in [4.78, 5) is 11.5. The Balaban J connectivity index is 2.63. The zero-order valence-corrected chi connectivity index (χ0v) is 8.90. The van der Waals surface area contributed by atoms with Crippen LogP contribution in [0.4, 0.5) is 0 Å². The third-order valence-corrected chi connectivity index (χ3v) is 1.72. The Hall–Kier alpha value is -1.77. The number of rotatable bonds is 4. The molecule has 0 spiro atoms. The molecule has 0 unspecified atom stereocenters. The molecule has 0 aromatic heterocycles. The van der Waals surface area contributed by atoms with Gasteiger partial charge in [0.05, 0.1) is 6.61 Å². The standard InChI is InChI=1S/C12H14O3/c1-3-11(14-4-2)12(13)15-10-8-6-5-7-9-10/h3,5-9H,4H2,1-2H3. The third kappa shape index (κ3) is 3.46. The predicted octanol–water partition coefficient (Wildman–Crippen LogP) is 2.53. The van der Waals surface area contributed by atoms with Crippen molar-refractivity contribution >= 4 is 5.97 Å². The van der Waals surface area contributed by atoms with Crippen molar-refractivity contribution in [2.75, 3.05) is 6.61 Å². The number of carbonyl (C=O) groups is 1. The van der Waals surface area contributed by atoms with Crippen LogP contribution in [0, 0.1) is 0 Å². The van der Waals surface area contributed by atoms with Gasteiger partial charge in [-0.15, -0.1) is 0 Å². The average Bonchev–Trinajstić information content (AvgIpc) is 2.27. The molecule has 15 heavy (non-hydrogen) atoms. The van der Waals surface area contributed by atoms with E-state index in [2.05, 4.69) is 0 Å². The van der Waals surface area contributed by atoms with E-state index in [1.807, 2.05) is 13.0 Å². The van der Waals surface area contributed by atoms with E-state index in [1.54, 1.807) is 37.3 Å². The van der Waals surface area contributed by atoms with Gasteiger partial charge >= 0.3 is 5.97 Å². The Morgan fingerprint density at radius 1 is 1.33 bits per heavy atom. The molecule has 1 aromatic rings.